The highest BCUT2D eigenvalue weighted by atomic mass is 31.2. The Hall–Kier alpha value is -1.94. The number of phosphoric ester groups is 2. The van der Waals surface area contributed by atoms with E-state index >= 15 is 0 Å². The van der Waals surface area contributed by atoms with E-state index in [0.717, 1.165) is 102 Å². The topological polar surface area (TPSA) is 237 Å². The molecular weight excluding hydrogens is 1150 g/mol. The lowest BCUT2D eigenvalue weighted by atomic mass is 10.0. The summed E-state index contributed by atoms with van der Waals surface area (Å²) in [5.74, 6) is 0.000967. The molecule has 3 N–H and O–H groups in total. The molecule has 0 aromatic rings. The van der Waals surface area contributed by atoms with E-state index in [1.165, 1.54) is 141 Å². The summed E-state index contributed by atoms with van der Waals surface area (Å²) >= 11 is 0. The molecule has 0 bridgehead atoms. The molecule has 0 saturated heterocycles. The predicted octanol–water partition coefficient (Wildman–Crippen LogP) is 19.1. The van der Waals surface area contributed by atoms with Crippen LogP contribution < -0.4 is 0 Å². The van der Waals surface area contributed by atoms with Gasteiger partial charge in [-0.05, 0) is 43.4 Å². The van der Waals surface area contributed by atoms with Crippen molar-refractivity contribution in [3.8, 4) is 0 Å². The quantitative estimate of drug-likeness (QED) is 0.0222. The summed E-state index contributed by atoms with van der Waals surface area (Å²) in [7, 11) is -9.89. The van der Waals surface area contributed by atoms with Crippen LogP contribution in [-0.2, 0) is 65.4 Å². The maximum Gasteiger partial charge on any atom is 0.472 e. The first-order chi connectivity index (χ1) is 41.7. The fraction of sp³-hybridized carbons (Fsp3) is 0.941. The van der Waals surface area contributed by atoms with E-state index < -0.39 is 97.5 Å². The molecule has 0 aliphatic heterocycles. The molecule has 516 valence electrons. The second-order valence-corrected chi connectivity index (χ2v) is 28.9. The molecular formula is C68H132O17P2. The Labute approximate surface area is 530 Å². The molecule has 0 fully saturated rings. The summed E-state index contributed by atoms with van der Waals surface area (Å²) in [6.07, 6.45) is 42.0. The van der Waals surface area contributed by atoms with E-state index in [9.17, 15) is 43.2 Å². The van der Waals surface area contributed by atoms with Gasteiger partial charge in [-0.25, -0.2) is 9.13 Å². The summed E-state index contributed by atoms with van der Waals surface area (Å²) in [4.78, 5) is 72.3. The number of aliphatic hydroxyl groups is 1. The minimum atomic E-state index is -4.95. The third-order valence-electron chi connectivity index (χ3n) is 15.6. The molecule has 17 nitrogen and oxygen atoms in total. The molecule has 2 unspecified atom stereocenters. The van der Waals surface area contributed by atoms with Gasteiger partial charge in [0.25, 0.3) is 0 Å². The van der Waals surface area contributed by atoms with Gasteiger partial charge in [0.2, 0.25) is 0 Å². The highest BCUT2D eigenvalue weighted by Crippen LogP contribution is 2.45. The lowest BCUT2D eigenvalue weighted by molar-refractivity contribution is -0.161. The van der Waals surface area contributed by atoms with E-state index in [-0.39, 0.29) is 25.7 Å². The number of carbonyl (C=O) groups is 4. The maximum atomic E-state index is 13.0. The van der Waals surface area contributed by atoms with Crippen molar-refractivity contribution in [2.75, 3.05) is 39.6 Å². The molecule has 0 aromatic carbocycles. The minimum Gasteiger partial charge on any atom is -0.462 e. The van der Waals surface area contributed by atoms with Crippen molar-refractivity contribution in [3.63, 3.8) is 0 Å². The lowest BCUT2D eigenvalue weighted by Crippen LogP contribution is -2.30. The van der Waals surface area contributed by atoms with Crippen LogP contribution in [0.25, 0.3) is 0 Å². The van der Waals surface area contributed by atoms with E-state index in [1.54, 1.807) is 0 Å². The molecule has 0 aliphatic rings. The molecule has 0 heterocycles. The van der Waals surface area contributed by atoms with Crippen LogP contribution in [0.15, 0.2) is 0 Å². The number of esters is 4. The normalized spacial score (nSPS) is 14.3. The summed E-state index contributed by atoms with van der Waals surface area (Å²) in [6, 6.07) is 0. The van der Waals surface area contributed by atoms with E-state index in [4.69, 9.17) is 37.0 Å². The van der Waals surface area contributed by atoms with Gasteiger partial charge in [0.15, 0.2) is 12.2 Å². The molecule has 0 radical (unpaired) electrons. The molecule has 87 heavy (non-hydrogen) atoms. The number of phosphoric acid groups is 2. The maximum absolute atomic E-state index is 13.0. The zero-order valence-electron chi connectivity index (χ0n) is 56.5. The van der Waals surface area contributed by atoms with Gasteiger partial charge < -0.3 is 33.8 Å². The van der Waals surface area contributed by atoms with Crippen LogP contribution in [-0.4, -0.2) is 96.7 Å². The Balaban J connectivity index is 5.22. The third-order valence-corrected chi connectivity index (χ3v) is 17.5. The average molecular weight is 1280 g/mol. The van der Waals surface area contributed by atoms with E-state index in [0.29, 0.717) is 37.5 Å². The van der Waals surface area contributed by atoms with Gasteiger partial charge in [0, 0.05) is 25.7 Å². The van der Waals surface area contributed by atoms with Crippen LogP contribution >= 0.6 is 15.6 Å². The Morgan fingerprint density at radius 1 is 0.310 bits per heavy atom. The zero-order chi connectivity index (χ0) is 64.5. The number of hydrogen-bond acceptors (Lipinski definition) is 15. The van der Waals surface area contributed by atoms with Crippen LogP contribution in [0.5, 0.6) is 0 Å². The monoisotopic (exact) mass is 1280 g/mol. The van der Waals surface area contributed by atoms with Gasteiger partial charge in [-0.2, -0.15) is 0 Å². The lowest BCUT2D eigenvalue weighted by Gasteiger charge is -2.21. The highest BCUT2D eigenvalue weighted by molar-refractivity contribution is 7.47. The zero-order valence-corrected chi connectivity index (χ0v) is 58.3. The fourth-order valence-electron chi connectivity index (χ4n) is 10.2. The highest BCUT2D eigenvalue weighted by Gasteiger charge is 2.30. The van der Waals surface area contributed by atoms with Crippen molar-refractivity contribution < 1.29 is 80.2 Å². The van der Waals surface area contributed by atoms with Crippen LogP contribution in [0.4, 0.5) is 0 Å². The molecule has 0 spiro atoms. The van der Waals surface area contributed by atoms with Crippen LogP contribution in [0.2, 0.25) is 0 Å². The van der Waals surface area contributed by atoms with E-state index in [1.807, 2.05) is 0 Å². The SMILES string of the molecule is CCCCCCCCCCCCCCCC(=O)OC[C@H](COP(=O)(O)OC[C@@H](O)COP(=O)(O)OC[C@@H](COC(=O)CCCCCCCCC(C)C)OC(=O)CCCCCCCCC(C)C)OC(=O)CCCCCCCCCCCCCCCC(C)C. The molecule has 0 rings (SSSR count). The minimum absolute atomic E-state index is 0.101. The molecule has 0 saturated carbocycles. The Bertz CT molecular complexity index is 1720. The van der Waals surface area contributed by atoms with Crippen LogP contribution in [0, 0.1) is 17.8 Å². The van der Waals surface area contributed by atoms with Crippen molar-refractivity contribution in [3.05, 3.63) is 0 Å². The first-order valence-electron chi connectivity index (χ1n) is 35.3. The Morgan fingerprint density at radius 2 is 0.529 bits per heavy atom. The average Bonchev–Trinajstić information content (AvgIpc) is 3.62. The number of unbranched alkanes of at least 4 members (excludes halogenated alkanes) is 34. The summed E-state index contributed by atoms with van der Waals surface area (Å²) in [6.45, 7) is 11.7. The summed E-state index contributed by atoms with van der Waals surface area (Å²) in [5, 5.41) is 10.6. The number of aliphatic hydroxyl groups excluding tert-OH is 1. The van der Waals surface area contributed by atoms with Gasteiger partial charge in [-0.15, -0.1) is 0 Å². The van der Waals surface area contributed by atoms with Crippen molar-refractivity contribution in [2.24, 2.45) is 17.8 Å². The van der Waals surface area contributed by atoms with Gasteiger partial charge in [-0.3, -0.25) is 37.3 Å². The predicted molar refractivity (Wildman–Crippen MR) is 349 cm³/mol. The standard InChI is InChI=1S/C68H132O17P2/c1-8-9-10-11-12-13-14-16-20-23-26-35-42-49-65(70)78-55-63(84-67(72)51-44-37-27-24-21-18-15-17-19-22-25-32-39-46-59(2)3)57-82-86(74,75)80-53-62(69)54-81-87(76,77)83-58-64(85-68(73)52-45-38-31-29-34-41-48-61(6)7)56-79-66(71)50-43-36-30-28-33-40-47-60(4)5/h59-64,69H,8-58H2,1-7H3,(H,74,75)(H,76,77)/t62-,63-,64-/m1/s1. The molecule has 0 amide bonds. The largest absolute Gasteiger partial charge is 0.472 e. The van der Waals surface area contributed by atoms with Crippen molar-refractivity contribution >= 4 is 39.5 Å². The van der Waals surface area contributed by atoms with Gasteiger partial charge >= 0.3 is 39.5 Å². The smallest absolute Gasteiger partial charge is 0.462 e. The van der Waals surface area contributed by atoms with Crippen LogP contribution in [0.3, 0.4) is 0 Å². The number of rotatable bonds is 66. The number of ether oxygens (including phenoxy) is 4. The number of hydrogen-bond donors (Lipinski definition) is 3. The Kier molecular flexibility index (Phi) is 57.8. The van der Waals surface area contributed by atoms with Gasteiger partial charge in [-0.1, -0.05) is 286 Å². The third kappa shape index (κ3) is 62.6. The fourth-order valence-corrected chi connectivity index (χ4v) is 11.8. The second-order valence-electron chi connectivity index (χ2n) is 26.0. The summed E-state index contributed by atoms with van der Waals surface area (Å²) in [5.41, 5.74) is 0. The van der Waals surface area contributed by atoms with Crippen molar-refractivity contribution in [1.82, 2.24) is 0 Å². The van der Waals surface area contributed by atoms with Crippen molar-refractivity contribution in [1.29, 1.82) is 0 Å². The molecule has 0 aliphatic carbocycles. The first-order valence-corrected chi connectivity index (χ1v) is 38.3. The van der Waals surface area contributed by atoms with Crippen molar-refractivity contribution in [2.45, 2.75) is 356 Å². The van der Waals surface area contributed by atoms with Gasteiger partial charge in [0.05, 0.1) is 26.4 Å². The molecule has 19 heteroatoms. The number of carbonyl (C=O) groups excluding carboxylic acids is 4. The summed E-state index contributed by atoms with van der Waals surface area (Å²) < 4.78 is 68.1. The molecule has 5 atom stereocenters. The second kappa shape index (κ2) is 59.1. The Morgan fingerprint density at radius 3 is 0.782 bits per heavy atom. The first kappa shape index (κ1) is 85.1. The molecule has 0 aromatic heterocycles. The van der Waals surface area contributed by atoms with E-state index in [2.05, 4.69) is 48.5 Å². The van der Waals surface area contributed by atoms with Crippen LogP contribution in [0.1, 0.15) is 337 Å². The van der Waals surface area contributed by atoms with Gasteiger partial charge in [0.1, 0.15) is 19.3 Å².